The number of hydrogen-bond acceptors (Lipinski definition) is 5. The molecular weight excluding hydrogens is 427 g/mol. The average Bonchev–Trinajstić information content (AvgIpc) is 3.21. The van der Waals surface area contributed by atoms with Crippen LogP contribution in [-0.4, -0.2) is 42.2 Å². The number of hydrogen-bond donors (Lipinski definition) is 3. The van der Waals surface area contributed by atoms with Gasteiger partial charge in [0.25, 0.3) is 5.91 Å². The van der Waals surface area contributed by atoms with E-state index in [2.05, 4.69) is 15.3 Å². The molecule has 1 aliphatic rings. The molecule has 5 rings (SSSR count). The SMILES string of the molecule is O=C(Nc1cccc(Oc2cccc3[nH]c(=O)[nH]c23)c1)c1cc(F)cc(N2CCOCC2)c1. The highest BCUT2D eigenvalue weighted by molar-refractivity contribution is 6.05. The largest absolute Gasteiger partial charge is 0.455 e. The summed E-state index contributed by atoms with van der Waals surface area (Å²) in [5, 5.41) is 2.79. The molecule has 8 nitrogen and oxygen atoms in total. The second-order valence-corrected chi connectivity index (χ2v) is 7.64. The Kier molecular flexibility index (Phi) is 5.54. The first kappa shape index (κ1) is 20.8. The first-order chi connectivity index (χ1) is 16.0. The molecule has 2 heterocycles. The quantitative estimate of drug-likeness (QED) is 0.430. The van der Waals surface area contributed by atoms with Gasteiger partial charge in [-0.2, -0.15) is 0 Å². The number of imidazole rings is 1. The molecule has 3 N–H and O–H groups in total. The van der Waals surface area contributed by atoms with Gasteiger partial charge in [0.2, 0.25) is 0 Å². The zero-order valence-electron chi connectivity index (χ0n) is 17.6. The van der Waals surface area contributed by atoms with Gasteiger partial charge in [-0.05, 0) is 42.5 Å². The number of ether oxygens (including phenoxy) is 2. The Bertz CT molecular complexity index is 1370. The van der Waals surface area contributed by atoms with Gasteiger partial charge in [0.05, 0.1) is 18.7 Å². The minimum atomic E-state index is -0.477. The third-order valence-electron chi connectivity index (χ3n) is 5.35. The zero-order chi connectivity index (χ0) is 22.8. The van der Waals surface area contributed by atoms with E-state index in [1.54, 1.807) is 48.5 Å². The maximum atomic E-state index is 14.2. The van der Waals surface area contributed by atoms with Gasteiger partial charge in [-0.25, -0.2) is 9.18 Å². The van der Waals surface area contributed by atoms with Crippen LogP contribution in [0.3, 0.4) is 0 Å². The fourth-order valence-corrected chi connectivity index (χ4v) is 3.79. The molecule has 1 amide bonds. The standard InChI is InChI=1S/C24H21FN4O4/c25-16-11-15(12-18(13-16)29-7-9-32-10-8-29)23(30)26-17-3-1-4-19(14-17)33-21-6-2-5-20-22(21)28-24(31)27-20/h1-6,11-14H,7-10H2,(H,26,30)(H2,27,28,31). The molecule has 1 aromatic heterocycles. The monoisotopic (exact) mass is 448 g/mol. The number of anilines is 2. The normalized spacial score (nSPS) is 13.8. The smallest absolute Gasteiger partial charge is 0.323 e. The molecule has 0 atom stereocenters. The Hall–Kier alpha value is -4.11. The maximum absolute atomic E-state index is 14.2. The molecule has 1 saturated heterocycles. The summed E-state index contributed by atoms with van der Waals surface area (Å²) in [6.07, 6.45) is 0. The van der Waals surface area contributed by atoms with Gasteiger partial charge in [-0.3, -0.25) is 4.79 Å². The number of para-hydroxylation sites is 1. The van der Waals surface area contributed by atoms with Gasteiger partial charge in [0.15, 0.2) is 5.75 Å². The second kappa shape index (κ2) is 8.79. The van der Waals surface area contributed by atoms with Crippen molar-refractivity contribution in [3.05, 3.63) is 82.5 Å². The van der Waals surface area contributed by atoms with Crippen LogP contribution >= 0.6 is 0 Å². The number of aromatic amines is 2. The third kappa shape index (κ3) is 4.58. The van der Waals surface area contributed by atoms with Crippen LogP contribution in [0.2, 0.25) is 0 Å². The minimum absolute atomic E-state index is 0.220. The van der Waals surface area contributed by atoms with Crippen molar-refractivity contribution in [1.29, 1.82) is 0 Å². The minimum Gasteiger partial charge on any atom is -0.455 e. The average molecular weight is 448 g/mol. The van der Waals surface area contributed by atoms with Crippen molar-refractivity contribution in [2.45, 2.75) is 0 Å². The van der Waals surface area contributed by atoms with Gasteiger partial charge in [0, 0.05) is 36.1 Å². The lowest BCUT2D eigenvalue weighted by molar-refractivity contribution is 0.102. The fourth-order valence-electron chi connectivity index (χ4n) is 3.79. The van der Waals surface area contributed by atoms with Crippen LogP contribution in [0.15, 0.2) is 65.5 Å². The van der Waals surface area contributed by atoms with Crippen molar-refractivity contribution >= 4 is 28.3 Å². The second-order valence-electron chi connectivity index (χ2n) is 7.64. The summed E-state index contributed by atoms with van der Waals surface area (Å²) in [7, 11) is 0. The summed E-state index contributed by atoms with van der Waals surface area (Å²) in [4.78, 5) is 31.8. The summed E-state index contributed by atoms with van der Waals surface area (Å²) in [5.41, 5.74) is 2.21. The van der Waals surface area contributed by atoms with Crippen molar-refractivity contribution in [3.63, 3.8) is 0 Å². The number of carbonyl (C=O) groups excluding carboxylic acids is 1. The molecule has 0 unspecified atom stereocenters. The molecule has 3 aromatic carbocycles. The number of halogens is 1. The van der Waals surface area contributed by atoms with E-state index < -0.39 is 11.7 Å². The Morgan fingerprint density at radius 1 is 1.03 bits per heavy atom. The van der Waals surface area contributed by atoms with E-state index in [9.17, 15) is 14.0 Å². The van der Waals surface area contributed by atoms with Crippen molar-refractivity contribution in [2.75, 3.05) is 36.5 Å². The van der Waals surface area contributed by atoms with Gasteiger partial charge >= 0.3 is 5.69 Å². The van der Waals surface area contributed by atoms with Crippen molar-refractivity contribution in [2.24, 2.45) is 0 Å². The third-order valence-corrected chi connectivity index (χ3v) is 5.35. The lowest BCUT2D eigenvalue weighted by atomic mass is 10.1. The Morgan fingerprint density at radius 2 is 1.85 bits per heavy atom. The van der Waals surface area contributed by atoms with Crippen LogP contribution in [-0.2, 0) is 4.74 Å². The topological polar surface area (TPSA) is 99.4 Å². The Balaban J connectivity index is 1.35. The van der Waals surface area contributed by atoms with E-state index in [0.717, 1.165) is 0 Å². The van der Waals surface area contributed by atoms with Crippen molar-refractivity contribution in [3.8, 4) is 11.5 Å². The molecule has 0 saturated carbocycles. The highest BCUT2D eigenvalue weighted by atomic mass is 19.1. The first-order valence-electron chi connectivity index (χ1n) is 10.5. The van der Waals surface area contributed by atoms with Crippen molar-refractivity contribution in [1.82, 2.24) is 9.97 Å². The molecule has 1 fully saturated rings. The molecule has 0 bridgehead atoms. The molecule has 0 aliphatic carbocycles. The summed E-state index contributed by atoms with van der Waals surface area (Å²) in [6.45, 7) is 2.41. The number of fused-ring (bicyclic) bond motifs is 1. The number of carbonyl (C=O) groups is 1. The zero-order valence-corrected chi connectivity index (χ0v) is 17.6. The number of benzene rings is 3. The van der Waals surface area contributed by atoms with Crippen LogP contribution in [0.5, 0.6) is 11.5 Å². The number of morpholine rings is 1. The number of rotatable bonds is 5. The molecular formula is C24H21FN4O4. The lowest BCUT2D eigenvalue weighted by Gasteiger charge is -2.29. The van der Waals surface area contributed by atoms with Crippen molar-refractivity contribution < 1.29 is 18.7 Å². The van der Waals surface area contributed by atoms with Crippen LogP contribution in [0.1, 0.15) is 10.4 Å². The molecule has 33 heavy (non-hydrogen) atoms. The predicted octanol–water partition coefficient (Wildman–Crippen LogP) is 3.88. The molecule has 0 spiro atoms. The van der Waals surface area contributed by atoms with Crippen LogP contribution in [0, 0.1) is 5.82 Å². The summed E-state index contributed by atoms with van der Waals surface area (Å²) in [6, 6.07) is 16.4. The van der Waals surface area contributed by atoms with E-state index in [-0.39, 0.29) is 11.3 Å². The maximum Gasteiger partial charge on any atom is 0.323 e. The number of nitrogens with one attached hydrogen (secondary N) is 3. The van der Waals surface area contributed by atoms with E-state index in [4.69, 9.17) is 9.47 Å². The Labute approximate surface area is 188 Å². The Morgan fingerprint density at radius 3 is 2.70 bits per heavy atom. The van der Waals surface area contributed by atoms with Gasteiger partial charge in [-0.15, -0.1) is 0 Å². The van der Waals surface area contributed by atoms with Gasteiger partial charge < -0.3 is 29.7 Å². The summed E-state index contributed by atoms with van der Waals surface area (Å²) >= 11 is 0. The van der Waals surface area contributed by atoms with E-state index in [0.29, 0.717) is 60.2 Å². The fraction of sp³-hybridized carbons (Fsp3) is 0.167. The number of aromatic nitrogens is 2. The van der Waals surface area contributed by atoms with Crippen LogP contribution in [0.4, 0.5) is 15.8 Å². The molecule has 1 aliphatic heterocycles. The molecule has 168 valence electrons. The highest BCUT2D eigenvalue weighted by Gasteiger charge is 2.16. The molecule has 9 heteroatoms. The van der Waals surface area contributed by atoms with E-state index >= 15 is 0 Å². The highest BCUT2D eigenvalue weighted by Crippen LogP contribution is 2.29. The number of H-pyrrole nitrogens is 2. The summed E-state index contributed by atoms with van der Waals surface area (Å²) in [5.74, 6) is 0.0262. The summed E-state index contributed by atoms with van der Waals surface area (Å²) < 4.78 is 25.5. The molecule has 4 aromatic rings. The van der Waals surface area contributed by atoms with Gasteiger partial charge in [0.1, 0.15) is 17.1 Å². The predicted molar refractivity (Wildman–Crippen MR) is 123 cm³/mol. The number of nitrogens with zero attached hydrogens (tertiary/aromatic N) is 1. The van der Waals surface area contributed by atoms with E-state index in [1.807, 2.05) is 4.90 Å². The first-order valence-corrected chi connectivity index (χ1v) is 10.5. The molecule has 0 radical (unpaired) electrons. The van der Waals surface area contributed by atoms with Crippen LogP contribution in [0.25, 0.3) is 11.0 Å². The van der Waals surface area contributed by atoms with E-state index in [1.165, 1.54) is 12.1 Å². The number of amides is 1. The lowest BCUT2D eigenvalue weighted by Crippen LogP contribution is -2.36. The van der Waals surface area contributed by atoms with Crippen LogP contribution < -0.4 is 20.6 Å². The van der Waals surface area contributed by atoms with Gasteiger partial charge in [-0.1, -0.05) is 12.1 Å².